The summed E-state index contributed by atoms with van der Waals surface area (Å²) in [6.07, 6.45) is 0. The maximum atomic E-state index is 3.64. The van der Waals surface area contributed by atoms with Gasteiger partial charge in [-0.3, -0.25) is 0 Å². The number of nitrogens with zero attached hydrogens (tertiary/aromatic N) is 2. The minimum absolute atomic E-state index is 0.181. The van der Waals surface area contributed by atoms with Gasteiger partial charge in [0.1, 0.15) is 0 Å². The molecule has 0 saturated carbocycles. The van der Waals surface area contributed by atoms with Gasteiger partial charge >= 0.3 is 0 Å². The molecule has 7 rings (SSSR count). The number of hydrogen-bond donors (Lipinski definition) is 0. The van der Waals surface area contributed by atoms with Crippen LogP contribution in [0.15, 0.2) is 118 Å². The molecule has 0 unspecified atom stereocenters. The molecule has 198 valence electrons. The fraction of sp³-hybridized carbons (Fsp3) is 0.167. The van der Waals surface area contributed by atoms with Crippen molar-refractivity contribution >= 4 is 66.0 Å². The lowest BCUT2D eigenvalue weighted by Crippen LogP contribution is -2.35. The van der Waals surface area contributed by atoms with Crippen molar-refractivity contribution in [2.75, 3.05) is 9.80 Å². The molecule has 5 aromatic carbocycles. The van der Waals surface area contributed by atoms with Crippen molar-refractivity contribution in [3.05, 3.63) is 140 Å². The number of anilines is 6. The van der Waals surface area contributed by atoms with Gasteiger partial charge in [-0.15, -0.1) is 0 Å². The molecule has 5 aromatic rings. The van der Waals surface area contributed by atoms with E-state index in [9.17, 15) is 0 Å². The first-order valence-electron chi connectivity index (χ1n) is 13.7. The molecule has 40 heavy (non-hydrogen) atoms. The quantitative estimate of drug-likeness (QED) is 0.188. The number of rotatable bonds is 2. The summed E-state index contributed by atoms with van der Waals surface area (Å²) in [5, 5.41) is 0. The van der Waals surface area contributed by atoms with E-state index in [1.165, 1.54) is 45.0 Å². The summed E-state index contributed by atoms with van der Waals surface area (Å²) in [5.41, 5.74) is 12.2. The third-order valence-corrected chi connectivity index (χ3v) is 9.81. The molecule has 0 N–H and O–H groups in total. The number of halogens is 2. The van der Waals surface area contributed by atoms with Crippen LogP contribution in [-0.4, -0.2) is 0 Å². The van der Waals surface area contributed by atoms with Crippen molar-refractivity contribution in [2.24, 2.45) is 0 Å². The topological polar surface area (TPSA) is 6.48 Å². The summed E-state index contributed by atoms with van der Waals surface area (Å²) >= 11 is 7.27. The van der Waals surface area contributed by atoms with Gasteiger partial charge in [0.2, 0.25) is 0 Å². The molecule has 0 aromatic heterocycles. The molecular weight excluding hydrogens is 620 g/mol. The van der Waals surface area contributed by atoms with E-state index in [-0.39, 0.29) is 10.8 Å². The fourth-order valence-electron chi connectivity index (χ4n) is 6.63. The Morgan fingerprint density at radius 3 is 1.15 bits per heavy atom. The first-order chi connectivity index (χ1) is 19.2. The fourth-order valence-corrected chi connectivity index (χ4v) is 7.16. The van der Waals surface area contributed by atoms with Crippen LogP contribution in [-0.2, 0) is 10.8 Å². The third kappa shape index (κ3) is 3.73. The van der Waals surface area contributed by atoms with Crippen LogP contribution in [0, 0.1) is 0 Å². The van der Waals surface area contributed by atoms with Crippen molar-refractivity contribution in [3.63, 3.8) is 0 Å². The Morgan fingerprint density at radius 2 is 0.775 bits per heavy atom. The molecule has 0 radical (unpaired) electrons. The average molecular weight is 650 g/mol. The van der Waals surface area contributed by atoms with Gasteiger partial charge in [0, 0.05) is 31.2 Å². The highest BCUT2D eigenvalue weighted by Gasteiger charge is 2.42. The third-order valence-electron chi connectivity index (χ3n) is 8.75. The van der Waals surface area contributed by atoms with E-state index in [0.29, 0.717) is 0 Å². The van der Waals surface area contributed by atoms with Crippen LogP contribution in [0.3, 0.4) is 0 Å². The van der Waals surface area contributed by atoms with Gasteiger partial charge in [-0.25, -0.2) is 0 Å². The summed E-state index contributed by atoms with van der Waals surface area (Å²) in [7, 11) is 0. The molecule has 2 aliphatic rings. The van der Waals surface area contributed by atoms with Crippen LogP contribution in [0.2, 0.25) is 0 Å². The van der Waals surface area contributed by atoms with Gasteiger partial charge in [-0.2, -0.15) is 0 Å². The van der Waals surface area contributed by atoms with Crippen molar-refractivity contribution in [2.45, 2.75) is 38.5 Å². The lowest BCUT2D eigenvalue weighted by atomic mass is 9.69. The predicted octanol–water partition coefficient (Wildman–Crippen LogP) is 11.4. The molecule has 2 aliphatic heterocycles. The number of benzene rings is 5. The SMILES string of the molecule is CC1(C)c2ccccc2N(c2ccc(Br)cc2)c2cc3c(cc21)N(c1ccc(Br)cc1)c1ccccc1C3(C)C. The van der Waals surface area contributed by atoms with Gasteiger partial charge in [-0.05, 0) is 95.1 Å². The van der Waals surface area contributed by atoms with Gasteiger partial charge in [0.15, 0.2) is 0 Å². The molecule has 2 nitrogen and oxygen atoms in total. The molecule has 0 fully saturated rings. The Bertz CT molecular complexity index is 1640. The largest absolute Gasteiger partial charge is 0.310 e. The van der Waals surface area contributed by atoms with Crippen LogP contribution in [0.1, 0.15) is 49.9 Å². The number of para-hydroxylation sites is 2. The molecule has 0 spiro atoms. The first-order valence-corrected chi connectivity index (χ1v) is 15.3. The Morgan fingerprint density at radius 1 is 0.425 bits per heavy atom. The second kappa shape index (κ2) is 9.09. The zero-order valence-electron chi connectivity index (χ0n) is 23.0. The summed E-state index contributed by atoms with van der Waals surface area (Å²) in [4.78, 5) is 4.90. The van der Waals surface area contributed by atoms with Crippen LogP contribution in [0.5, 0.6) is 0 Å². The van der Waals surface area contributed by atoms with E-state index in [2.05, 4.69) is 179 Å². The van der Waals surface area contributed by atoms with E-state index >= 15 is 0 Å². The van der Waals surface area contributed by atoms with Crippen LogP contribution < -0.4 is 9.80 Å². The lowest BCUT2D eigenvalue weighted by molar-refractivity contribution is 0.615. The monoisotopic (exact) mass is 648 g/mol. The molecular formula is C36H30Br2N2. The van der Waals surface area contributed by atoms with Crippen LogP contribution in [0.4, 0.5) is 34.1 Å². The molecule has 0 amide bonds. The molecule has 4 heteroatoms. The number of hydrogen-bond acceptors (Lipinski definition) is 2. The minimum atomic E-state index is -0.181. The number of fused-ring (bicyclic) bond motifs is 4. The van der Waals surface area contributed by atoms with Gasteiger partial charge in [0.05, 0.1) is 22.7 Å². The summed E-state index contributed by atoms with van der Waals surface area (Å²) in [6.45, 7) is 9.45. The summed E-state index contributed by atoms with van der Waals surface area (Å²) in [6, 6.07) is 40.0. The Hall–Kier alpha value is -3.34. The van der Waals surface area contributed by atoms with E-state index in [0.717, 1.165) is 20.3 Å². The average Bonchev–Trinajstić information content (AvgIpc) is 2.95. The summed E-state index contributed by atoms with van der Waals surface area (Å²) < 4.78 is 2.16. The maximum absolute atomic E-state index is 3.64. The van der Waals surface area contributed by atoms with Crippen molar-refractivity contribution in [1.82, 2.24) is 0 Å². The zero-order valence-corrected chi connectivity index (χ0v) is 26.2. The first kappa shape index (κ1) is 25.6. The Labute approximate surface area is 253 Å². The highest BCUT2D eigenvalue weighted by Crippen LogP contribution is 2.58. The van der Waals surface area contributed by atoms with Gasteiger partial charge < -0.3 is 9.80 Å². The minimum Gasteiger partial charge on any atom is -0.310 e. The smallest absolute Gasteiger partial charge is 0.0507 e. The van der Waals surface area contributed by atoms with Gasteiger partial charge in [-0.1, -0.05) is 96.0 Å². The van der Waals surface area contributed by atoms with Crippen LogP contribution in [0.25, 0.3) is 0 Å². The molecule has 0 aliphatic carbocycles. The second-order valence-electron chi connectivity index (χ2n) is 11.8. The normalized spacial score (nSPS) is 16.1. The van der Waals surface area contributed by atoms with Crippen molar-refractivity contribution < 1.29 is 0 Å². The zero-order chi connectivity index (χ0) is 27.8. The van der Waals surface area contributed by atoms with E-state index in [1.807, 2.05) is 0 Å². The van der Waals surface area contributed by atoms with E-state index in [1.54, 1.807) is 0 Å². The van der Waals surface area contributed by atoms with E-state index in [4.69, 9.17) is 0 Å². The lowest BCUT2D eigenvalue weighted by Gasteiger charge is -2.47. The Kier molecular flexibility index (Phi) is 5.82. The van der Waals surface area contributed by atoms with Gasteiger partial charge in [0.25, 0.3) is 0 Å². The van der Waals surface area contributed by atoms with E-state index < -0.39 is 0 Å². The molecule has 2 heterocycles. The molecule has 0 atom stereocenters. The highest BCUT2D eigenvalue weighted by atomic mass is 79.9. The second-order valence-corrected chi connectivity index (χ2v) is 13.6. The van der Waals surface area contributed by atoms with Crippen molar-refractivity contribution in [1.29, 1.82) is 0 Å². The molecule has 0 bridgehead atoms. The predicted molar refractivity (Wildman–Crippen MR) is 175 cm³/mol. The molecule has 0 saturated heterocycles. The maximum Gasteiger partial charge on any atom is 0.0507 e. The highest BCUT2D eigenvalue weighted by molar-refractivity contribution is 9.10. The van der Waals surface area contributed by atoms with Crippen molar-refractivity contribution in [3.8, 4) is 0 Å². The Balaban J connectivity index is 1.56. The van der Waals surface area contributed by atoms with Crippen LogP contribution >= 0.6 is 31.9 Å². The summed E-state index contributed by atoms with van der Waals surface area (Å²) in [5.74, 6) is 0. The standard InChI is InChI=1S/C36H30Br2N2/c1-35(2)27-9-5-7-11-31(27)39(25-17-13-23(37)14-18-25)33-22-30-34(21-29(33)35)40(26-19-15-24(38)16-20-26)32-12-8-6-10-28(32)36(30,3)4/h5-22H,1-4H3.